The Labute approximate surface area is 90.9 Å². The lowest BCUT2D eigenvalue weighted by Crippen LogP contribution is -2.09. The summed E-state index contributed by atoms with van der Waals surface area (Å²) in [6.07, 6.45) is 3.19. The van der Waals surface area contributed by atoms with Gasteiger partial charge >= 0.3 is 0 Å². The minimum atomic E-state index is 0.00163. The summed E-state index contributed by atoms with van der Waals surface area (Å²) >= 11 is 0. The third-order valence-corrected chi connectivity index (χ3v) is 2.50. The number of ether oxygens (including phenoxy) is 1. The summed E-state index contributed by atoms with van der Waals surface area (Å²) in [4.78, 5) is 0. The molecule has 0 fully saturated rings. The van der Waals surface area contributed by atoms with Crippen molar-refractivity contribution in [2.24, 2.45) is 5.73 Å². The van der Waals surface area contributed by atoms with Gasteiger partial charge in [-0.3, -0.25) is 0 Å². The third kappa shape index (κ3) is 3.13. The molecule has 3 nitrogen and oxygen atoms in total. The molecule has 0 saturated heterocycles. The van der Waals surface area contributed by atoms with Crippen LogP contribution in [0.25, 0.3) is 0 Å². The summed E-state index contributed by atoms with van der Waals surface area (Å²) in [6, 6.07) is 5.33. The number of phenolic OH excluding ortho intramolecular Hbond substituents is 1. The van der Waals surface area contributed by atoms with Crippen molar-refractivity contribution in [1.29, 1.82) is 0 Å². The second kappa shape index (κ2) is 5.61. The number of hydrogen-bond donors (Lipinski definition) is 2. The van der Waals surface area contributed by atoms with Crippen LogP contribution in [0, 0.1) is 0 Å². The first kappa shape index (κ1) is 11.9. The number of hydrogen-bond acceptors (Lipinski definition) is 3. The van der Waals surface area contributed by atoms with Gasteiger partial charge < -0.3 is 15.6 Å². The topological polar surface area (TPSA) is 55.5 Å². The van der Waals surface area contributed by atoms with Crippen molar-refractivity contribution in [3.05, 3.63) is 23.8 Å². The second-order valence-corrected chi connectivity index (χ2v) is 3.68. The van der Waals surface area contributed by atoms with Crippen LogP contribution < -0.4 is 10.5 Å². The molecule has 84 valence electrons. The van der Waals surface area contributed by atoms with Gasteiger partial charge in [-0.25, -0.2) is 0 Å². The average Bonchev–Trinajstić information content (AvgIpc) is 2.25. The van der Waals surface area contributed by atoms with E-state index in [1.165, 1.54) is 7.11 Å². The molecular weight excluding hydrogens is 190 g/mol. The van der Waals surface area contributed by atoms with E-state index in [2.05, 4.69) is 6.92 Å². The molecule has 0 spiro atoms. The summed E-state index contributed by atoms with van der Waals surface area (Å²) < 4.78 is 4.97. The molecule has 0 aliphatic rings. The van der Waals surface area contributed by atoms with Crippen molar-refractivity contribution in [3.63, 3.8) is 0 Å². The number of methoxy groups -OCH3 is 1. The smallest absolute Gasteiger partial charge is 0.160 e. The SMILES string of the molecule is CCCC[C@H](N)c1ccc(OC)c(O)c1. The first-order chi connectivity index (χ1) is 7.19. The summed E-state index contributed by atoms with van der Waals surface area (Å²) in [7, 11) is 1.53. The highest BCUT2D eigenvalue weighted by molar-refractivity contribution is 5.42. The standard InChI is InChI=1S/C12H19NO2/c1-3-4-5-10(13)9-6-7-12(15-2)11(14)8-9/h6-8,10,14H,3-5,13H2,1-2H3/t10-/m0/s1. The molecule has 3 N–H and O–H groups in total. The first-order valence-corrected chi connectivity index (χ1v) is 5.31. The minimum Gasteiger partial charge on any atom is -0.504 e. The van der Waals surface area contributed by atoms with E-state index < -0.39 is 0 Å². The molecule has 0 unspecified atom stereocenters. The molecule has 3 heteroatoms. The highest BCUT2D eigenvalue weighted by atomic mass is 16.5. The van der Waals surface area contributed by atoms with E-state index in [1.54, 1.807) is 12.1 Å². The van der Waals surface area contributed by atoms with Gasteiger partial charge in [0.1, 0.15) is 0 Å². The highest BCUT2D eigenvalue weighted by Gasteiger charge is 2.08. The van der Waals surface area contributed by atoms with Crippen LogP contribution in [0.3, 0.4) is 0 Å². The normalized spacial score (nSPS) is 12.5. The van der Waals surface area contributed by atoms with Crippen LogP contribution in [0.2, 0.25) is 0 Å². The Kier molecular flexibility index (Phi) is 4.43. The minimum absolute atomic E-state index is 0.00163. The fourth-order valence-electron chi connectivity index (χ4n) is 1.53. The van der Waals surface area contributed by atoms with Gasteiger partial charge in [0, 0.05) is 6.04 Å². The Balaban J connectivity index is 2.73. The van der Waals surface area contributed by atoms with Crippen LogP contribution in [0.15, 0.2) is 18.2 Å². The fourth-order valence-corrected chi connectivity index (χ4v) is 1.53. The average molecular weight is 209 g/mol. The van der Waals surface area contributed by atoms with Gasteiger partial charge in [-0.2, -0.15) is 0 Å². The molecular formula is C12H19NO2. The van der Waals surface area contributed by atoms with Gasteiger partial charge in [-0.15, -0.1) is 0 Å². The summed E-state index contributed by atoms with van der Waals surface area (Å²) in [5.74, 6) is 0.642. The lowest BCUT2D eigenvalue weighted by molar-refractivity contribution is 0.372. The Hall–Kier alpha value is -1.22. The maximum Gasteiger partial charge on any atom is 0.160 e. The van der Waals surface area contributed by atoms with Crippen molar-refractivity contribution in [2.45, 2.75) is 32.2 Å². The Morgan fingerprint density at radius 1 is 1.47 bits per heavy atom. The number of aromatic hydroxyl groups is 1. The molecule has 0 aliphatic carbocycles. The van der Waals surface area contributed by atoms with E-state index in [1.807, 2.05) is 6.07 Å². The van der Waals surface area contributed by atoms with E-state index in [4.69, 9.17) is 10.5 Å². The maximum absolute atomic E-state index is 9.59. The lowest BCUT2D eigenvalue weighted by Gasteiger charge is -2.12. The molecule has 0 aliphatic heterocycles. The van der Waals surface area contributed by atoms with Crippen molar-refractivity contribution >= 4 is 0 Å². The van der Waals surface area contributed by atoms with Crippen molar-refractivity contribution < 1.29 is 9.84 Å². The second-order valence-electron chi connectivity index (χ2n) is 3.68. The molecule has 0 aromatic heterocycles. The molecule has 1 rings (SSSR count). The van der Waals surface area contributed by atoms with Crippen LogP contribution in [-0.4, -0.2) is 12.2 Å². The molecule has 15 heavy (non-hydrogen) atoms. The predicted octanol–water partition coefficient (Wildman–Crippen LogP) is 2.59. The van der Waals surface area contributed by atoms with Crippen LogP contribution in [0.4, 0.5) is 0 Å². The summed E-state index contributed by atoms with van der Waals surface area (Å²) in [5, 5.41) is 9.59. The van der Waals surface area contributed by atoms with E-state index in [9.17, 15) is 5.11 Å². The number of unbranched alkanes of at least 4 members (excludes halogenated alkanes) is 1. The van der Waals surface area contributed by atoms with Crippen LogP contribution in [-0.2, 0) is 0 Å². The van der Waals surface area contributed by atoms with Gasteiger partial charge in [-0.1, -0.05) is 25.8 Å². The van der Waals surface area contributed by atoms with Crippen LogP contribution in [0.5, 0.6) is 11.5 Å². The predicted molar refractivity (Wildman–Crippen MR) is 61.1 cm³/mol. The summed E-state index contributed by atoms with van der Waals surface area (Å²) in [6.45, 7) is 2.14. The molecule has 0 radical (unpaired) electrons. The van der Waals surface area contributed by atoms with E-state index in [-0.39, 0.29) is 11.8 Å². The molecule has 0 amide bonds. The van der Waals surface area contributed by atoms with E-state index in [0.29, 0.717) is 5.75 Å². The van der Waals surface area contributed by atoms with E-state index in [0.717, 1.165) is 24.8 Å². The zero-order valence-corrected chi connectivity index (χ0v) is 9.36. The molecule has 0 heterocycles. The maximum atomic E-state index is 9.59. The van der Waals surface area contributed by atoms with Crippen LogP contribution >= 0.6 is 0 Å². The van der Waals surface area contributed by atoms with E-state index >= 15 is 0 Å². The van der Waals surface area contributed by atoms with Gasteiger partial charge in [0.25, 0.3) is 0 Å². The highest BCUT2D eigenvalue weighted by Crippen LogP contribution is 2.29. The number of benzene rings is 1. The third-order valence-electron chi connectivity index (χ3n) is 2.50. The number of phenols is 1. The number of nitrogens with two attached hydrogens (primary N) is 1. The molecule has 0 saturated carbocycles. The Morgan fingerprint density at radius 2 is 2.20 bits per heavy atom. The molecule has 1 aromatic rings. The van der Waals surface area contributed by atoms with Crippen molar-refractivity contribution in [1.82, 2.24) is 0 Å². The van der Waals surface area contributed by atoms with Gasteiger partial charge in [0.2, 0.25) is 0 Å². The largest absolute Gasteiger partial charge is 0.504 e. The Morgan fingerprint density at radius 3 is 2.73 bits per heavy atom. The van der Waals surface area contributed by atoms with Crippen molar-refractivity contribution in [3.8, 4) is 11.5 Å². The first-order valence-electron chi connectivity index (χ1n) is 5.31. The summed E-state index contributed by atoms with van der Waals surface area (Å²) in [5.41, 5.74) is 6.95. The fraction of sp³-hybridized carbons (Fsp3) is 0.500. The van der Waals surface area contributed by atoms with Gasteiger partial charge in [0.05, 0.1) is 7.11 Å². The van der Waals surface area contributed by atoms with Gasteiger partial charge in [0.15, 0.2) is 11.5 Å². The Bertz CT molecular complexity index is 312. The lowest BCUT2D eigenvalue weighted by atomic mass is 10.0. The zero-order valence-electron chi connectivity index (χ0n) is 9.36. The monoisotopic (exact) mass is 209 g/mol. The molecule has 1 aromatic carbocycles. The molecule has 0 bridgehead atoms. The zero-order chi connectivity index (χ0) is 11.3. The van der Waals surface area contributed by atoms with Gasteiger partial charge in [-0.05, 0) is 24.1 Å². The van der Waals surface area contributed by atoms with Crippen molar-refractivity contribution in [2.75, 3.05) is 7.11 Å². The molecule has 1 atom stereocenters. The number of rotatable bonds is 5. The quantitative estimate of drug-likeness (QED) is 0.783. The van der Waals surface area contributed by atoms with Crippen LogP contribution in [0.1, 0.15) is 37.8 Å².